The SMILES string of the molecule is CN(C)C[C@H]1CO[C@H]2[C@@H]1OC[C@@H]2NC(=O)NC1CCCCC1. The molecule has 2 N–H and O–H groups in total. The fourth-order valence-corrected chi connectivity index (χ4v) is 3.97. The lowest BCUT2D eigenvalue weighted by Gasteiger charge is -2.25. The molecule has 0 aromatic heterocycles. The highest BCUT2D eigenvalue weighted by molar-refractivity contribution is 5.74. The largest absolute Gasteiger partial charge is 0.373 e. The van der Waals surface area contributed by atoms with Crippen molar-refractivity contribution in [3.8, 4) is 0 Å². The third kappa shape index (κ3) is 3.73. The number of urea groups is 1. The van der Waals surface area contributed by atoms with Crippen LogP contribution in [0.15, 0.2) is 0 Å². The number of nitrogens with zero attached hydrogens (tertiary/aromatic N) is 1. The minimum Gasteiger partial charge on any atom is -0.373 e. The third-order valence-corrected chi connectivity index (χ3v) is 5.01. The normalized spacial score (nSPS) is 35.6. The van der Waals surface area contributed by atoms with Crippen LogP contribution in [0.25, 0.3) is 0 Å². The van der Waals surface area contributed by atoms with E-state index >= 15 is 0 Å². The van der Waals surface area contributed by atoms with E-state index in [1.54, 1.807) is 0 Å². The molecule has 22 heavy (non-hydrogen) atoms. The Labute approximate surface area is 132 Å². The quantitative estimate of drug-likeness (QED) is 0.812. The molecule has 0 radical (unpaired) electrons. The summed E-state index contributed by atoms with van der Waals surface area (Å²) in [6, 6.07) is 0.236. The maximum absolute atomic E-state index is 12.2. The van der Waals surface area contributed by atoms with Crippen molar-refractivity contribution in [2.24, 2.45) is 5.92 Å². The van der Waals surface area contributed by atoms with Gasteiger partial charge < -0.3 is 25.0 Å². The van der Waals surface area contributed by atoms with Gasteiger partial charge in [0.15, 0.2) is 0 Å². The zero-order valence-corrected chi connectivity index (χ0v) is 13.7. The van der Waals surface area contributed by atoms with Crippen molar-refractivity contribution in [2.75, 3.05) is 33.9 Å². The molecule has 0 unspecified atom stereocenters. The number of amides is 2. The van der Waals surface area contributed by atoms with E-state index in [0.29, 0.717) is 18.6 Å². The first-order chi connectivity index (χ1) is 10.6. The molecule has 0 spiro atoms. The number of ether oxygens (including phenoxy) is 2. The van der Waals surface area contributed by atoms with E-state index < -0.39 is 0 Å². The predicted octanol–water partition coefficient (Wildman–Crippen LogP) is 0.962. The number of rotatable bonds is 4. The Morgan fingerprint density at radius 3 is 2.50 bits per heavy atom. The summed E-state index contributed by atoms with van der Waals surface area (Å²) in [5, 5.41) is 6.16. The van der Waals surface area contributed by atoms with E-state index in [1.807, 2.05) is 0 Å². The van der Waals surface area contributed by atoms with Gasteiger partial charge in [-0.25, -0.2) is 4.79 Å². The average molecular weight is 311 g/mol. The van der Waals surface area contributed by atoms with Gasteiger partial charge in [0.2, 0.25) is 0 Å². The molecule has 3 fully saturated rings. The summed E-state index contributed by atoms with van der Waals surface area (Å²) >= 11 is 0. The summed E-state index contributed by atoms with van der Waals surface area (Å²) in [7, 11) is 4.13. The molecule has 2 aliphatic heterocycles. The number of carbonyl (C=O) groups is 1. The van der Waals surface area contributed by atoms with Gasteiger partial charge in [-0.15, -0.1) is 0 Å². The molecule has 2 amide bonds. The van der Waals surface area contributed by atoms with E-state index in [0.717, 1.165) is 26.0 Å². The van der Waals surface area contributed by atoms with Crippen LogP contribution in [0.5, 0.6) is 0 Å². The summed E-state index contributed by atoms with van der Waals surface area (Å²) in [4.78, 5) is 14.3. The van der Waals surface area contributed by atoms with Crippen molar-refractivity contribution in [3.05, 3.63) is 0 Å². The lowest BCUT2D eigenvalue weighted by atomic mass is 9.96. The van der Waals surface area contributed by atoms with Gasteiger partial charge in [-0.05, 0) is 26.9 Å². The van der Waals surface area contributed by atoms with Gasteiger partial charge in [-0.1, -0.05) is 19.3 Å². The molecule has 1 aliphatic carbocycles. The van der Waals surface area contributed by atoms with Crippen molar-refractivity contribution in [3.63, 3.8) is 0 Å². The topological polar surface area (TPSA) is 62.8 Å². The smallest absolute Gasteiger partial charge is 0.315 e. The van der Waals surface area contributed by atoms with E-state index in [9.17, 15) is 4.79 Å². The number of hydrogen-bond acceptors (Lipinski definition) is 4. The highest BCUT2D eigenvalue weighted by atomic mass is 16.6. The minimum absolute atomic E-state index is 0.00190. The maximum atomic E-state index is 12.2. The molecular weight excluding hydrogens is 282 g/mol. The number of hydrogen-bond donors (Lipinski definition) is 2. The van der Waals surface area contributed by atoms with Crippen molar-refractivity contribution >= 4 is 6.03 Å². The maximum Gasteiger partial charge on any atom is 0.315 e. The Hall–Kier alpha value is -0.850. The number of fused-ring (bicyclic) bond motifs is 1. The van der Waals surface area contributed by atoms with Crippen LogP contribution in [0.1, 0.15) is 32.1 Å². The molecule has 2 saturated heterocycles. The molecular formula is C16H29N3O3. The highest BCUT2D eigenvalue weighted by Crippen LogP contribution is 2.31. The van der Waals surface area contributed by atoms with Gasteiger partial charge in [-0.2, -0.15) is 0 Å². The second-order valence-electron chi connectivity index (χ2n) is 7.18. The average Bonchev–Trinajstić information content (AvgIpc) is 3.04. The van der Waals surface area contributed by atoms with Gasteiger partial charge >= 0.3 is 6.03 Å². The van der Waals surface area contributed by atoms with Crippen molar-refractivity contribution in [2.45, 2.75) is 56.4 Å². The third-order valence-electron chi connectivity index (χ3n) is 5.01. The molecule has 6 nitrogen and oxygen atoms in total. The number of carbonyl (C=O) groups excluding carboxylic acids is 1. The molecule has 126 valence electrons. The second-order valence-corrected chi connectivity index (χ2v) is 7.18. The van der Waals surface area contributed by atoms with Crippen LogP contribution < -0.4 is 10.6 Å². The Morgan fingerprint density at radius 1 is 1.05 bits per heavy atom. The molecule has 3 aliphatic rings. The van der Waals surface area contributed by atoms with E-state index in [1.165, 1.54) is 19.3 Å². The van der Waals surface area contributed by atoms with Crippen LogP contribution in [0.3, 0.4) is 0 Å². The van der Waals surface area contributed by atoms with Crippen LogP contribution in [-0.2, 0) is 9.47 Å². The van der Waals surface area contributed by atoms with Gasteiger partial charge in [-0.3, -0.25) is 0 Å². The van der Waals surface area contributed by atoms with Gasteiger partial charge in [0.1, 0.15) is 6.10 Å². The first-order valence-electron chi connectivity index (χ1n) is 8.58. The first-order valence-corrected chi connectivity index (χ1v) is 8.58. The zero-order valence-electron chi connectivity index (χ0n) is 13.7. The molecule has 2 heterocycles. The van der Waals surface area contributed by atoms with Gasteiger partial charge in [0.25, 0.3) is 0 Å². The minimum atomic E-state index is -0.0687. The first kappa shape index (κ1) is 16.0. The van der Waals surface area contributed by atoms with Crippen molar-refractivity contribution in [1.82, 2.24) is 15.5 Å². The number of nitrogens with one attached hydrogen (secondary N) is 2. The standard InChI is InChI=1S/C16H29N3O3/c1-19(2)8-11-9-21-15-13(10-22-14(11)15)18-16(20)17-12-6-4-3-5-7-12/h11-15H,3-10H2,1-2H3,(H2,17,18,20)/t11-,13-,14+,15+/m0/s1. The molecule has 4 atom stereocenters. The molecule has 1 saturated carbocycles. The fraction of sp³-hybridized carbons (Fsp3) is 0.938. The fourth-order valence-electron chi connectivity index (χ4n) is 3.97. The van der Waals surface area contributed by atoms with Crippen LogP contribution in [0, 0.1) is 5.92 Å². The van der Waals surface area contributed by atoms with Crippen molar-refractivity contribution < 1.29 is 14.3 Å². The van der Waals surface area contributed by atoms with Crippen molar-refractivity contribution in [1.29, 1.82) is 0 Å². The molecule has 6 heteroatoms. The molecule has 0 aromatic rings. The van der Waals surface area contributed by atoms with E-state index in [4.69, 9.17) is 9.47 Å². The summed E-state index contributed by atoms with van der Waals surface area (Å²) in [5.74, 6) is 0.396. The van der Waals surface area contributed by atoms with E-state index in [-0.39, 0.29) is 24.3 Å². The molecule has 0 bridgehead atoms. The molecule has 0 aromatic carbocycles. The molecule has 3 rings (SSSR count). The Balaban J connectivity index is 1.46. The van der Waals surface area contributed by atoms with Gasteiger partial charge in [0, 0.05) is 18.5 Å². The van der Waals surface area contributed by atoms with Crippen LogP contribution in [-0.4, -0.2) is 69.1 Å². The zero-order chi connectivity index (χ0) is 15.5. The predicted molar refractivity (Wildman–Crippen MR) is 83.9 cm³/mol. The Morgan fingerprint density at radius 2 is 1.77 bits per heavy atom. The Bertz CT molecular complexity index is 385. The summed E-state index contributed by atoms with van der Waals surface area (Å²) in [5.41, 5.74) is 0. The summed E-state index contributed by atoms with van der Waals surface area (Å²) in [6.07, 6.45) is 6.05. The Kier molecular flexibility index (Phi) is 5.21. The summed E-state index contributed by atoms with van der Waals surface area (Å²) < 4.78 is 11.8. The van der Waals surface area contributed by atoms with Crippen LogP contribution in [0.4, 0.5) is 4.79 Å². The highest BCUT2D eigenvalue weighted by Gasteiger charge is 2.48. The lowest BCUT2D eigenvalue weighted by Crippen LogP contribution is -2.51. The van der Waals surface area contributed by atoms with Crippen LogP contribution >= 0.6 is 0 Å². The summed E-state index contributed by atoms with van der Waals surface area (Å²) in [6.45, 7) is 2.23. The van der Waals surface area contributed by atoms with Gasteiger partial charge in [0.05, 0.1) is 25.4 Å². The monoisotopic (exact) mass is 311 g/mol. The second kappa shape index (κ2) is 7.15. The lowest BCUT2D eigenvalue weighted by molar-refractivity contribution is 0.0586. The van der Waals surface area contributed by atoms with Crippen LogP contribution in [0.2, 0.25) is 0 Å². The van der Waals surface area contributed by atoms with E-state index in [2.05, 4.69) is 29.6 Å².